The second-order valence-electron chi connectivity index (χ2n) is 4.10. The fraction of sp³-hybridized carbons (Fsp3) is 0.167. The van der Waals surface area contributed by atoms with Crippen LogP contribution < -0.4 is 0 Å². The Morgan fingerprint density at radius 3 is 1.67 bits per heavy atom. The minimum Gasteiger partial charge on any atom is -0.309 e. The fourth-order valence-corrected chi connectivity index (χ4v) is 3.75. The van der Waals surface area contributed by atoms with Gasteiger partial charge in [0.15, 0.2) is 0 Å². The Morgan fingerprint density at radius 2 is 1.29 bits per heavy atom. The van der Waals surface area contributed by atoms with Crippen LogP contribution in [-0.2, 0) is 22.9 Å². The number of nitrogens with zero attached hydrogens (tertiary/aromatic N) is 4. The van der Waals surface area contributed by atoms with Gasteiger partial charge in [0.05, 0.1) is 0 Å². The predicted molar refractivity (Wildman–Crippen MR) is 83.8 cm³/mol. The van der Waals surface area contributed by atoms with Crippen LogP contribution in [-0.4, -0.2) is 20.1 Å². The third-order valence-electron chi connectivity index (χ3n) is 2.55. The quantitative estimate of drug-likeness (QED) is 0.369. The Hall–Kier alpha value is -2.60. The van der Waals surface area contributed by atoms with Crippen LogP contribution in [0.2, 0.25) is 0 Å². The summed E-state index contributed by atoms with van der Waals surface area (Å²) in [6, 6.07) is 6.61. The number of hydrogen-bond donors (Lipinski definition) is 0. The van der Waals surface area contributed by atoms with Crippen molar-refractivity contribution < 1.29 is 19.8 Å². The monoisotopic (exact) mass is 370 g/mol. The van der Waals surface area contributed by atoms with Crippen molar-refractivity contribution in [3.8, 4) is 0 Å². The lowest BCUT2D eigenvalue weighted by Crippen LogP contribution is -2.02. The summed E-state index contributed by atoms with van der Waals surface area (Å²) in [5.74, 6) is 0. The van der Waals surface area contributed by atoms with E-state index in [1.807, 2.05) is 0 Å². The van der Waals surface area contributed by atoms with Gasteiger partial charge in [0.25, 0.3) is 10.2 Å². The molecule has 0 unspecified atom stereocenters. The normalized spacial score (nSPS) is 10.2. The summed E-state index contributed by atoms with van der Waals surface area (Å²) in [6.45, 7) is -0.438. The summed E-state index contributed by atoms with van der Waals surface area (Å²) >= 11 is 0. The second kappa shape index (κ2) is 8.88. The first-order chi connectivity index (χ1) is 11.6. The molecule has 0 amide bonds. The molecule has 0 aliphatic rings. The van der Waals surface area contributed by atoms with Crippen molar-refractivity contribution in [3.63, 3.8) is 0 Å². The van der Waals surface area contributed by atoms with E-state index in [1.165, 1.54) is 21.6 Å². The molecule has 2 aromatic rings. The minimum atomic E-state index is -0.875. The summed E-state index contributed by atoms with van der Waals surface area (Å²) in [5.41, 5.74) is 1.09. The van der Waals surface area contributed by atoms with Crippen LogP contribution in [0.1, 0.15) is 11.1 Å². The molecule has 0 aliphatic carbocycles. The molecule has 0 atom stereocenters. The van der Waals surface area contributed by atoms with Gasteiger partial charge in [0, 0.05) is 23.5 Å². The molecule has 0 fully saturated rings. The van der Waals surface area contributed by atoms with E-state index in [2.05, 4.69) is 19.6 Å². The standard InChI is InChI=1S/C12H10N4O6S2/c17-15(18)21-7-9-3-1-5-13-11(9)23-24-12-10(4-2-6-14-12)8-22-16(19)20/h1-6H,7-8H2. The molecule has 0 N–H and O–H groups in total. The second-order valence-corrected chi connectivity index (χ2v) is 6.20. The molecule has 0 saturated carbocycles. The highest BCUT2D eigenvalue weighted by Crippen LogP contribution is 2.38. The Bertz CT molecular complexity index is 671. The lowest BCUT2D eigenvalue weighted by molar-refractivity contribution is -0.763. The molecule has 24 heavy (non-hydrogen) atoms. The van der Waals surface area contributed by atoms with E-state index in [0.29, 0.717) is 21.2 Å². The number of pyridine rings is 2. The van der Waals surface area contributed by atoms with Gasteiger partial charge in [0.2, 0.25) is 0 Å². The van der Waals surface area contributed by atoms with Crippen LogP contribution in [0.3, 0.4) is 0 Å². The molecule has 2 heterocycles. The zero-order valence-electron chi connectivity index (χ0n) is 11.9. The molecule has 10 nitrogen and oxygen atoms in total. The third kappa shape index (κ3) is 5.55. The van der Waals surface area contributed by atoms with Gasteiger partial charge in [-0.05, 0) is 33.7 Å². The summed E-state index contributed by atoms with van der Waals surface area (Å²) in [4.78, 5) is 37.6. The summed E-state index contributed by atoms with van der Waals surface area (Å²) in [7, 11) is 2.43. The molecule has 0 spiro atoms. The highest BCUT2D eigenvalue weighted by atomic mass is 33.1. The minimum absolute atomic E-state index is 0.219. The zero-order valence-corrected chi connectivity index (χ0v) is 13.6. The first kappa shape index (κ1) is 17.7. The van der Waals surface area contributed by atoms with Gasteiger partial charge in [-0.1, -0.05) is 12.1 Å². The van der Waals surface area contributed by atoms with Gasteiger partial charge in [-0.2, -0.15) is 0 Å². The molecule has 2 rings (SSSR count). The first-order valence-corrected chi connectivity index (χ1v) is 8.48. The van der Waals surface area contributed by atoms with Crippen molar-refractivity contribution in [2.24, 2.45) is 0 Å². The van der Waals surface area contributed by atoms with E-state index in [0.717, 1.165) is 0 Å². The maximum atomic E-state index is 10.3. The summed E-state index contributed by atoms with van der Waals surface area (Å²) in [5, 5.41) is 19.9. The average Bonchev–Trinajstić information content (AvgIpc) is 2.57. The molecule has 126 valence electrons. The van der Waals surface area contributed by atoms with Crippen molar-refractivity contribution in [1.29, 1.82) is 0 Å². The number of aromatic nitrogens is 2. The molecular weight excluding hydrogens is 360 g/mol. The highest BCUT2D eigenvalue weighted by Gasteiger charge is 2.11. The average molecular weight is 370 g/mol. The Labute approximate surface area is 143 Å². The van der Waals surface area contributed by atoms with E-state index in [9.17, 15) is 20.2 Å². The van der Waals surface area contributed by atoms with E-state index in [1.54, 1.807) is 36.7 Å². The van der Waals surface area contributed by atoms with E-state index < -0.39 is 10.2 Å². The molecule has 0 bridgehead atoms. The van der Waals surface area contributed by atoms with Gasteiger partial charge in [-0.15, -0.1) is 20.2 Å². The molecule has 2 aromatic heterocycles. The van der Waals surface area contributed by atoms with E-state index in [-0.39, 0.29) is 13.2 Å². The molecule has 0 aromatic carbocycles. The van der Waals surface area contributed by atoms with Crippen molar-refractivity contribution in [2.45, 2.75) is 23.3 Å². The van der Waals surface area contributed by atoms with Crippen LogP contribution in [0.15, 0.2) is 46.7 Å². The largest absolute Gasteiger partial charge is 0.309 e. The molecule has 0 saturated heterocycles. The van der Waals surface area contributed by atoms with Crippen molar-refractivity contribution in [1.82, 2.24) is 9.97 Å². The predicted octanol–water partition coefficient (Wildman–Crippen LogP) is 2.69. The molecule has 0 aliphatic heterocycles. The van der Waals surface area contributed by atoms with Gasteiger partial charge < -0.3 is 9.68 Å². The maximum Gasteiger partial charge on any atom is 0.294 e. The summed E-state index contributed by atoms with van der Waals surface area (Å²) < 4.78 is 0. The third-order valence-corrected chi connectivity index (χ3v) is 4.88. The topological polar surface area (TPSA) is 131 Å². The van der Waals surface area contributed by atoms with Crippen LogP contribution in [0.25, 0.3) is 0 Å². The smallest absolute Gasteiger partial charge is 0.294 e. The highest BCUT2D eigenvalue weighted by molar-refractivity contribution is 8.76. The van der Waals surface area contributed by atoms with E-state index >= 15 is 0 Å². The summed E-state index contributed by atoms with van der Waals surface area (Å²) in [6.07, 6.45) is 3.10. The van der Waals surface area contributed by atoms with Gasteiger partial charge >= 0.3 is 0 Å². The maximum absolute atomic E-state index is 10.3. The zero-order chi connectivity index (χ0) is 17.4. The van der Waals surface area contributed by atoms with Crippen molar-refractivity contribution in [2.75, 3.05) is 0 Å². The molecule has 0 radical (unpaired) electrons. The first-order valence-electron chi connectivity index (χ1n) is 6.33. The Balaban J connectivity index is 2.06. The fourth-order valence-electron chi connectivity index (χ4n) is 1.54. The molecular formula is C12H10N4O6S2. The van der Waals surface area contributed by atoms with Crippen LogP contribution in [0.5, 0.6) is 0 Å². The number of rotatable bonds is 9. The SMILES string of the molecule is O=[N+]([O-])OCc1cccnc1SSc1ncccc1CO[N+](=O)[O-]. The van der Waals surface area contributed by atoms with Crippen molar-refractivity contribution in [3.05, 3.63) is 68.0 Å². The van der Waals surface area contributed by atoms with Crippen LogP contribution >= 0.6 is 21.6 Å². The lowest BCUT2D eigenvalue weighted by Gasteiger charge is -2.08. The van der Waals surface area contributed by atoms with Gasteiger partial charge in [-0.3, -0.25) is 0 Å². The van der Waals surface area contributed by atoms with Crippen molar-refractivity contribution >= 4 is 21.6 Å². The Kier molecular flexibility index (Phi) is 6.57. The van der Waals surface area contributed by atoms with Crippen LogP contribution in [0.4, 0.5) is 0 Å². The van der Waals surface area contributed by atoms with Gasteiger partial charge in [0.1, 0.15) is 23.3 Å². The lowest BCUT2D eigenvalue weighted by atomic mass is 10.3. The Morgan fingerprint density at radius 1 is 0.875 bits per heavy atom. The van der Waals surface area contributed by atoms with Crippen LogP contribution in [0, 0.1) is 20.2 Å². The van der Waals surface area contributed by atoms with Gasteiger partial charge in [-0.25, -0.2) is 9.97 Å². The molecule has 12 heteroatoms. The number of hydrogen-bond acceptors (Lipinski definition) is 10. The van der Waals surface area contributed by atoms with E-state index in [4.69, 9.17) is 0 Å².